The Hall–Kier alpha value is -5.80. The number of para-hydroxylation sites is 2. The standard InChI is InChI=1S/C42H30N2O/c1-3-4-5-18-37-27(2)23-36-41(44-38-19-8-6-17-34(38)42(36)43-37)32-15-11-14-30(25-32)28-12-10-13-29(24-28)31-21-22-40-35(26-31)33-16-7-9-20-39(33)45-40/h3-26H,1-2H3/b4-3-,18-5-. The Balaban J connectivity index is 1.24. The normalized spacial score (nSPS) is 12.0. The number of benzene rings is 5. The number of hydrogen-bond acceptors (Lipinski definition) is 3. The summed E-state index contributed by atoms with van der Waals surface area (Å²) in [5.41, 5.74) is 12.4. The number of allylic oxidation sites excluding steroid dienone is 3. The quantitative estimate of drug-likeness (QED) is 0.151. The lowest BCUT2D eigenvalue weighted by atomic mass is 9.95. The molecule has 45 heavy (non-hydrogen) atoms. The number of aromatic nitrogens is 2. The van der Waals surface area contributed by atoms with E-state index in [1.807, 2.05) is 43.4 Å². The first-order valence-electron chi connectivity index (χ1n) is 15.3. The molecule has 214 valence electrons. The Morgan fingerprint density at radius 2 is 1.20 bits per heavy atom. The Labute approximate surface area is 261 Å². The van der Waals surface area contributed by atoms with E-state index in [9.17, 15) is 0 Å². The van der Waals surface area contributed by atoms with Crippen molar-refractivity contribution < 1.29 is 4.42 Å². The van der Waals surface area contributed by atoms with Crippen molar-refractivity contribution in [1.29, 1.82) is 0 Å². The highest BCUT2D eigenvalue weighted by molar-refractivity contribution is 6.09. The number of aryl methyl sites for hydroxylation is 1. The van der Waals surface area contributed by atoms with Gasteiger partial charge >= 0.3 is 0 Å². The van der Waals surface area contributed by atoms with Gasteiger partial charge in [0.05, 0.1) is 22.4 Å². The van der Waals surface area contributed by atoms with Crippen LogP contribution in [-0.2, 0) is 0 Å². The predicted molar refractivity (Wildman–Crippen MR) is 189 cm³/mol. The first kappa shape index (κ1) is 26.8. The van der Waals surface area contributed by atoms with E-state index < -0.39 is 0 Å². The van der Waals surface area contributed by atoms with Crippen LogP contribution in [0.15, 0.2) is 144 Å². The summed E-state index contributed by atoms with van der Waals surface area (Å²) in [6, 6.07) is 42.6. The molecule has 0 fully saturated rings. The molecule has 0 spiro atoms. The van der Waals surface area contributed by atoms with Gasteiger partial charge in [-0.2, -0.15) is 0 Å². The van der Waals surface area contributed by atoms with Gasteiger partial charge in [-0.05, 0) is 90.2 Å². The lowest BCUT2D eigenvalue weighted by Gasteiger charge is -2.13. The van der Waals surface area contributed by atoms with E-state index in [0.29, 0.717) is 0 Å². The third-order valence-corrected chi connectivity index (χ3v) is 8.50. The maximum atomic E-state index is 6.07. The molecule has 0 saturated heterocycles. The van der Waals surface area contributed by atoms with Gasteiger partial charge < -0.3 is 4.42 Å². The van der Waals surface area contributed by atoms with Crippen LogP contribution in [0.2, 0.25) is 0 Å². The fourth-order valence-electron chi connectivity index (χ4n) is 6.24. The van der Waals surface area contributed by atoms with Crippen molar-refractivity contribution in [2.45, 2.75) is 13.8 Å². The molecule has 0 unspecified atom stereocenters. The Bertz CT molecular complexity index is 2460. The molecule has 0 aliphatic carbocycles. The van der Waals surface area contributed by atoms with Gasteiger partial charge in [0.15, 0.2) is 0 Å². The van der Waals surface area contributed by atoms with Crippen molar-refractivity contribution in [2.24, 2.45) is 0 Å². The van der Waals surface area contributed by atoms with Crippen LogP contribution < -0.4 is 0 Å². The molecular weight excluding hydrogens is 548 g/mol. The Morgan fingerprint density at radius 3 is 2.00 bits per heavy atom. The summed E-state index contributed by atoms with van der Waals surface area (Å²) < 4.78 is 6.07. The second-order valence-corrected chi connectivity index (χ2v) is 11.4. The molecule has 5 aromatic carbocycles. The molecule has 0 N–H and O–H groups in total. The maximum absolute atomic E-state index is 6.07. The van der Waals surface area contributed by atoms with Gasteiger partial charge in [0.25, 0.3) is 0 Å². The summed E-state index contributed by atoms with van der Waals surface area (Å²) in [4.78, 5) is 10.3. The molecule has 3 nitrogen and oxygen atoms in total. The van der Waals surface area contributed by atoms with Crippen LogP contribution in [0.25, 0.3) is 83.3 Å². The average Bonchev–Trinajstić information content (AvgIpc) is 3.46. The second kappa shape index (κ2) is 11.0. The van der Waals surface area contributed by atoms with E-state index in [0.717, 1.165) is 88.5 Å². The van der Waals surface area contributed by atoms with Crippen molar-refractivity contribution in [3.8, 4) is 33.5 Å². The number of fused-ring (bicyclic) bond motifs is 6. The van der Waals surface area contributed by atoms with Crippen molar-refractivity contribution in [1.82, 2.24) is 9.97 Å². The first-order valence-corrected chi connectivity index (χ1v) is 15.3. The monoisotopic (exact) mass is 578 g/mol. The molecule has 3 heterocycles. The van der Waals surface area contributed by atoms with Gasteiger partial charge in [0, 0.05) is 27.1 Å². The van der Waals surface area contributed by atoms with E-state index in [2.05, 4.69) is 116 Å². The molecule has 8 rings (SSSR count). The summed E-state index contributed by atoms with van der Waals surface area (Å²) >= 11 is 0. The number of nitrogens with zero attached hydrogens (tertiary/aromatic N) is 2. The molecule has 3 aromatic heterocycles. The molecule has 0 aliphatic heterocycles. The summed E-state index contributed by atoms with van der Waals surface area (Å²) in [6.07, 6.45) is 8.16. The van der Waals surface area contributed by atoms with Crippen LogP contribution >= 0.6 is 0 Å². The number of furan rings is 1. The molecule has 0 saturated carbocycles. The fourth-order valence-corrected chi connectivity index (χ4v) is 6.24. The molecule has 0 amide bonds. The van der Waals surface area contributed by atoms with E-state index in [1.54, 1.807) is 0 Å². The van der Waals surface area contributed by atoms with Crippen molar-refractivity contribution in [2.75, 3.05) is 0 Å². The van der Waals surface area contributed by atoms with Gasteiger partial charge in [-0.1, -0.05) is 97.1 Å². The lowest BCUT2D eigenvalue weighted by Crippen LogP contribution is -1.95. The lowest BCUT2D eigenvalue weighted by molar-refractivity contribution is 0.669. The van der Waals surface area contributed by atoms with Gasteiger partial charge in [-0.15, -0.1) is 0 Å². The minimum atomic E-state index is 0.907. The molecule has 0 bridgehead atoms. The van der Waals surface area contributed by atoms with Crippen LogP contribution in [0, 0.1) is 6.92 Å². The van der Waals surface area contributed by atoms with Crippen LogP contribution in [0.5, 0.6) is 0 Å². The van der Waals surface area contributed by atoms with Crippen molar-refractivity contribution in [3.63, 3.8) is 0 Å². The largest absolute Gasteiger partial charge is 0.456 e. The third-order valence-electron chi connectivity index (χ3n) is 8.50. The second-order valence-electron chi connectivity index (χ2n) is 11.4. The Kier molecular flexibility index (Phi) is 6.57. The zero-order valence-corrected chi connectivity index (χ0v) is 25.2. The van der Waals surface area contributed by atoms with Crippen LogP contribution in [0.1, 0.15) is 18.2 Å². The van der Waals surface area contributed by atoms with Gasteiger partial charge in [-0.25, -0.2) is 9.97 Å². The van der Waals surface area contributed by atoms with E-state index in [1.165, 1.54) is 0 Å². The van der Waals surface area contributed by atoms with Gasteiger partial charge in [0.2, 0.25) is 0 Å². The van der Waals surface area contributed by atoms with E-state index >= 15 is 0 Å². The fraction of sp³-hybridized carbons (Fsp3) is 0.0476. The van der Waals surface area contributed by atoms with Crippen molar-refractivity contribution in [3.05, 3.63) is 151 Å². The molecule has 8 aromatic rings. The smallest absolute Gasteiger partial charge is 0.135 e. The minimum absolute atomic E-state index is 0.907. The molecular formula is C42H30N2O. The van der Waals surface area contributed by atoms with Gasteiger partial charge in [0.1, 0.15) is 11.2 Å². The minimum Gasteiger partial charge on any atom is -0.456 e. The van der Waals surface area contributed by atoms with E-state index in [4.69, 9.17) is 14.4 Å². The van der Waals surface area contributed by atoms with Crippen LogP contribution in [-0.4, -0.2) is 9.97 Å². The van der Waals surface area contributed by atoms with E-state index in [-0.39, 0.29) is 0 Å². The number of hydrogen-bond donors (Lipinski definition) is 0. The SMILES string of the molecule is C/C=C\C=C/c1nc2c(cc1C)c(-c1cccc(-c3cccc(-c4ccc5oc6ccccc6c5c4)c3)c1)nc1ccccc12. The third kappa shape index (κ3) is 4.79. The highest BCUT2D eigenvalue weighted by atomic mass is 16.3. The molecule has 0 aliphatic rings. The number of rotatable bonds is 5. The maximum Gasteiger partial charge on any atom is 0.135 e. The van der Waals surface area contributed by atoms with Crippen LogP contribution in [0.3, 0.4) is 0 Å². The van der Waals surface area contributed by atoms with Gasteiger partial charge in [-0.3, -0.25) is 0 Å². The van der Waals surface area contributed by atoms with Crippen LogP contribution in [0.4, 0.5) is 0 Å². The average molecular weight is 579 g/mol. The zero-order chi connectivity index (χ0) is 30.3. The zero-order valence-electron chi connectivity index (χ0n) is 25.2. The molecule has 3 heteroatoms. The summed E-state index contributed by atoms with van der Waals surface area (Å²) in [5.74, 6) is 0. The highest BCUT2D eigenvalue weighted by Crippen LogP contribution is 2.36. The summed E-state index contributed by atoms with van der Waals surface area (Å²) in [7, 11) is 0. The molecule has 0 radical (unpaired) electrons. The number of pyridine rings is 2. The predicted octanol–water partition coefficient (Wildman–Crippen LogP) is 11.6. The Morgan fingerprint density at radius 1 is 0.533 bits per heavy atom. The van der Waals surface area contributed by atoms with Crippen molar-refractivity contribution >= 4 is 49.8 Å². The summed E-state index contributed by atoms with van der Waals surface area (Å²) in [5, 5.41) is 4.39. The molecule has 0 atom stereocenters. The first-order chi connectivity index (χ1) is 22.2. The highest BCUT2D eigenvalue weighted by Gasteiger charge is 2.15. The topological polar surface area (TPSA) is 38.9 Å². The summed E-state index contributed by atoms with van der Waals surface area (Å²) in [6.45, 7) is 4.13.